The second-order valence-corrected chi connectivity index (χ2v) is 5.46. The number of benzene rings is 1. The molecule has 4 heteroatoms. The van der Waals surface area contributed by atoms with Gasteiger partial charge >= 0.3 is 0 Å². The van der Waals surface area contributed by atoms with Gasteiger partial charge < -0.3 is 10.3 Å². The van der Waals surface area contributed by atoms with Crippen molar-refractivity contribution in [2.45, 2.75) is 32.1 Å². The van der Waals surface area contributed by atoms with Crippen LogP contribution < -0.4 is 5.32 Å². The molecule has 2 aromatic rings. The Hall–Kier alpha value is -1.86. The maximum Gasteiger partial charge on any atom is 0.0931 e. The van der Waals surface area contributed by atoms with Gasteiger partial charge in [0.15, 0.2) is 0 Å². The standard InChI is InChI=1S/C15H20N4/c1-15(2,10-17-8-4-3-7-16)12-5-6-13-14(9-12)19-11-18-13/h5-6,9,11,17H,3-4,8,10H2,1-2H3,(H,18,19). The van der Waals surface area contributed by atoms with E-state index in [2.05, 4.69) is 53.4 Å². The molecule has 0 radical (unpaired) electrons. The third-order valence-electron chi connectivity index (χ3n) is 3.41. The molecular weight excluding hydrogens is 236 g/mol. The molecule has 1 aromatic heterocycles. The SMILES string of the molecule is CC(C)(CNCCCC#N)c1ccc2nc[nH]c2c1. The molecule has 0 atom stereocenters. The monoisotopic (exact) mass is 256 g/mol. The number of hydrogen-bond acceptors (Lipinski definition) is 3. The summed E-state index contributed by atoms with van der Waals surface area (Å²) in [6.07, 6.45) is 3.25. The summed E-state index contributed by atoms with van der Waals surface area (Å²) in [6, 6.07) is 8.52. The number of nitrogens with zero attached hydrogens (tertiary/aromatic N) is 2. The minimum atomic E-state index is 0.0615. The summed E-state index contributed by atoms with van der Waals surface area (Å²) in [5.74, 6) is 0. The lowest BCUT2D eigenvalue weighted by Crippen LogP contribution is -2.33. The molecule has 0 unspecified atom stereocenters. The lowest BCUT2D eigenvalue weighted by Gasteiger charge is -2.25. The van der Waals surface area contributed by atoms with Crippen LogP contribution in [0.4, 0.5) is 0 Å². The van der Waals surface area contributed by atoms with E-state index in [1.165, 1.54) is 5.56 Å². The van der Waals surface area contributed by atoms with Gasteiger partial charge in [-0.15, -0.1) is 0 Å². The minimum absolute atomic E-state index is 0.0615. The third kappa shape index (κ3) is 3.33. The van der Waals surface area contributed by atoms with Gasteiger partial charge in [-0.3, -0.25) is 0 Å². The Morgan fingerprint density at radius 2 is 2.26 bits per heavy atom. The van der Waals surface area contributed by atoms with Crippen molar-refractivity contribution in [3.63, 3.8) is 0 Å². The molecule has 4 nitrogen and oxygen atoms in total. The lowest BCUT2D eigenvalue weighted by atomic mass is 9.84. The number of hydrogen-bond donors (Lipinski definition) is 2. The fourth-order valence-corrected chi connectivity index (χ4v) is 2.15. The molecule has 100 valence electrons. The first-order valence-electron chi connectivity index (χ1n) is 6.65. The average molecular weight is 256 g/mol. The lowest BCUT2D eigenvalue weighted by molar-refractivity contribution is 0.467. The third-order valence-corrected chi connectivity index (χ3v) is 3.41. The van der Waals surface area contributed by atoms with Gasteiger partial charge in [-0.05, 0) is 30.7 Å². The Morgan fingerprint density at radius 1 is 1.42 bits per heavy atom. The highest BCUT2D eigenvalue weighted by Crippen LogP contribution is 2.24. The average Bonchev–Trinajstić information content (AvgIpc) is 2.85. The van der Waals surface area contributed by atoms with Crippen LogP contribution in [0.5, 0.6) is 0 Å². The molecule has 0 fully saturated rings. The zero-order valence-corrected chi connectivity index (χ0v) is 11.5. The highest BCUT2D eigenvalue weighted by Gasteiger charge is 2.20. The number of H-pyrrole nitrogens is 1. The van der Waals surface area contributed by atoms with Crippen LogP contribution in [-0.4, -0.2) is 23.1 Å². The fraction of sp³-hybridized carbons (Fsp3) is 0.467. The zero-order chi connectivity index (χ0) is 13.7. The maximum absolute atomic E-state index is 8.50. The highest BCUT2D eigenvalue weighted by molar-refractivity contribution is 5.75. The van der Waals surface area contributed by atoms with Crippen molar-refractivity contribution in [3.05, 3.63) is 30.1 Å². The summed E-state index contributed by atoms with van der Waals surface area (Å²) in [5.41, 5.74) is 3.43. The maximum atomic E-state index is 8.50. The van der Waals surface area contributed by atoms with Crippen LogP contribution >= 0.6 is 0 Å². The number of unbranched alkanes of at least 4 members (excludes halogenated alkanes) is 1. The van der Waals surface area contributed by atoms with Crippen LogP contribution in [-0.2, 0) is 5.41 Å². The van der Waals surface area contributed by atoms with Gasteiger partial charge in [-0.1, -0.05) is 19.9 Å². The molecule has 1 heterocycles. The molecule has 0 aliphatic carbocycles. The van der Waals surface area contributed by atoms with Crippen molar-refractivity contribution in [1.29, 1.82) is 5.26 Å². The summed E-state index contributed by atoms with van der Waals surface area (Å²) < 4.78 is 0. The Labute approximate surface area is 113 Å². The van der Waals surface area contributed by atoms with Crippen LogP contribution in [0.25, 0.3) is 11.0 Å². The predicted octanol–water partition coefficient (Wildman–Crippen LogP) is 2.73. The zero-order valence-electron chi connectivity index (χ0n) is 11.5. The van der Waals surface area contributed by atoms with Crippen LogP contribution in [0, 0.1) is 11.3 Å². The summed E-state index contributed by atoms with van der Waals surface area (Å²) in [4.78, 5) is 7.38. The summed E-state index contributed by atoms with van der Waals surface area (Å²) >= 11 is 0. The van der Waals surface area contributed by atoms with Crippen LogP contribution in [0.2, 0.25) is 0 Å². The smallest absolute Gasteiger partial charge is 0.0931 e. The first-order chi connectivity index (χ1) is 9.13. The van der Waals surface area contributed by atoms with Crippen molar-refractivity contribution >= 4 is 11.0 Å². The first kappa shape index (κ1) is 13.6. The molecular formula is C15H20N4. The number of nitrogens with one attached hydrogen (secondary N) is 2. The Bertz CT molecular complexity index is 577. The molecule has 0 aliphatic heterocycles. The van der Waals surface area contributed by atoms with Gasteiger partial charge in [-0.2, -0.15) is 5.26 Å². The van der Waals surface area contributed by atoms with E-state index in [0.29, 0.717) is 6.42 Å². The fourth-order valence-electron chi connectivity index (χ4n) is 2.15. The molecule has 2 N–H and O–H groups in total. The molecule has 1 aromatic carbocycles. The molecule has 0 saturated heterocycles. The molecule has 19 heavy (non-hydrogen) atoms. The van der Waals surface area contributed by atoms with E-state index in [0.717, 1.165) is 30.5 Å². The Kier molecular flexibility index (Phi) is 4.18. The van der Waals surface area contributed by atoms with E-state index in [1.807, 2.05) is 0 Å². The normalized spacial score (nSPS) is 11.6. The van der Waals surface area contributed by atoms with E-state index in [1.54, 1.807) is 6.33 Å². The predicted molar refractivity (Wildman–Crippen MR) is 76.8 cm³/mol. The van der Waals surface area contributed by atoms with E-state index >= 15 is 0 Å². The van der Waals surface area contributed by atoms with Crippen molar-refractivity contribution in [3.8, 4) is 6.07 Å². The minimum Gasteiger partial charge on any atom is -0.345 e. The molecule has 0 aliphatic rings. The van der Waals surface area contributed by atoms with Crippen LogP contribution in [0.1, 0.15) is 32.3 Å². The molecule has 0 bridgehead atoms. The number of nitriles is 1. The van der Waals surface area contributed by atoms with Gasteiger partial charge in [-0.25, -0.2) is 4.98 Å². The topological polar surface area (TPSA) is 64.5 Å². The highest BCUT2D eigenvalue weighted by atomic mass is 14.9. The van der Waals surface area contributed by atoms with E-state index in [4.69, 9.17) is 5.26 Å². The second kappa shape index (κ2) is 5.85. The second-order valence-electron chi connectivity index (χ2n) is 5.46. The van der Waals surface area contributed by atoms with Gasteiger partial charge in [0.2, 0.25) is 0 Å². The number of aromatic nitrogens is 2. The van der Waals surface area contributed by atoms with Gasteiger partial charge in [0.1, 0.15) is 0 Å². The van der Waals surface area contributed by atoms with Gasteiger partial charge in [0.05, 0.1) is 23.4 Å². The quantitative estimate of drug-likeness (QED) is 0.781. The van der Waals surface area contributed by atoms with E-state index in [-0.39, 0.29) is 5.41 Å². The Morgan fingerprint density at radius 3 is 3.05 bits per heavy atom. The molecule has 0 spiro atoms. The van der Waals surface area contributed by atoms with E-state index in [9.17, 15) is 0 Å². The molecule has 0 amide bonds. The van der Waals surface area contributed by atoms with Gasteiger partial charge in [0.25, 0.3) is 0 Å². The van der Waals surface area contributed by atoms with Crippen LogP contribution in [0.3, 0.4) is 0 Å². The number of fused-ring (bicyclic) bond motifs is 1. The van der Waals surface area contributed by atoms with Crippen molar-refractivity contribution in [1.82, 2.24) is 15.3 Å². The van der Waals surface area contributed by atoms with Crippen molar-refractivity contribution in [2.24, 2.45) is 0 Å². The summed E-state index contributed by atoms with van der Waals surface area (Å²) in [7, 11) is 0. The summed E-state index contributed by atoms with van der Waals surface area (Å²) in [6.45, 7) is 6.24. The number of imidazole rings is 1. The summed E-state index contributed by atoms with van der Waals surface area (Å²) in [5, 5.41) is 11.9. The van der Waals surface area contributed by atoms with Gasteiger partial charge in [0, 0.05) is 18.4 Å². The largest absolute Gasteiger partial charge is 0.345 e. The van der Waals surface area contributed by atoms with E-state index < -0.39 is 0 Å². The molecule has 2 rings (SSSR count). The number of rotatable bonds is 6. The molecule has 0 saturated carbocycles. The first-order valence-corrected chi connectivity index (χ1v) is 6.65. The number of aromatic amines is 1. The van der Waals surface area contributed by atoms with Crippen molar-refractivity contribution in [2.75, 3.05) is 13.1 Å². The van der Waals surface area contributed by atoms with Crippen molar-refractivity contribution < 1.29 is 0 Å². The Balaban J connectivity index is 1.99. The van der Waals surface area contributed by atoms with Crippen LogP contribution in [0.15, 0.2) is 24.5 Å².